The third kappa shape index (κ3) is 5.21. The first-order chi connectivity index (χ1) is 11.2. The molecule has 0 saturated heterocycles. The second kappa shape index (κ2) is 8.68. The molecule has 0 saturated carbocycles. The number of aryl methyl sites for hydroxylation is 1. The summed E-state index contributed by atoms with van der Waals surface area (Å²) in [6.45, 7) is 0.273. The van der Waals surface area contributed by atoms with E-state index in [0.29, 0.717) is 18.6 Å². The first kappa shape index (κ1) is 16.7. The normalized spacial score (nSPS) is 10.1. The molecule has 1 aromatic carbocycles. The molecule has 0 fully saturated rings. The van der Waals surface area contributed by atoms with E-state index in [1.54, 1.807) is 13.3 Å². The van der Waals surface area contributed by atoms with E-state index in [9.17, 15) is 9.59 Å². The second-order valence-electron chi connectivity index (χ2n) is 5.09. The van der Waals surface area contributed by atoms with Crippen molar-refractivity contribution in [1.29, 1.82) is 0 Å². The molecule has 5 nitrogen and oxygen atoms in total. The molecule has 1 N–H and O–H groups in total. The maximum Gasteiger partial charge on any atom is 0.287 e. The lowest BCUT2D eigenvalue weighted by Crippen LogP contribution is -2.30. The highest BCUT2D eigenvalue weighted by atomic mass is 16.5. The predicted octanol–water partition coefficient (Wildman–Crippen LogP) is 2.30. The fourth-order valence-corrected chi connectivity index (χ4v) is 2.21. The van der Waals surface area contributed by atoms with E-state index in [1.165, 1.54) is 0 Å². The fourth-order valence-electron chi connectivity index (χ4n) is 2.21. The van der Waals surface area contributed by atoms with E-state index in [1.807, 2.05) is 42.5 Å². The van der Waals surface area contributed by atoms with Gasteiger partial charge in [0, 0.05) is 30.4 Å². The highest BCUT2D eigenvalue weighted by molar-refractivity contribution is 6.36. The number of nitrogens with zero attached hydrogens (tertiary/aromatic N) is 1. The zero-order chi connectivity index (χ0) is 16.5. The van der Waals surface area contributed by atoms with Crippen LogP contribution >= 0.6 is 0 Å². The van der Waals surface area contributed by atoms with Gasteiger partial charge in [-0.05, 0) is 31.0 Å². The number of hydrogen-bond donors (Lipinski definition) is 1. The van der Waals surface area contributed by atoms with Crippen LogP contribution in [0.5, 0.6) is 5.75 Å². The number of carbonyl (C=O) groups excluding carboxylic acids is 2. The molecule has 0 atom stereocenters. The van der Waals surface area contributed by atoms with Crippen molar-refractivity contribution in [3.8, 4) is 5.75 Å². The Hall–Kier alpha value is -2.69. The van der Waals surface area contributed by atoms with Crippen molar-refractivity contribution in [1.82, 2.24) is 10.3 Å². The van der Waals surface area contributed by atoms with E-state index in [2.05, 4.69) is 10.3 Å². The van der Waals surface area contributed by atoms with Crippen LogP contribution in [0.3, 0.4) is 0 Å². The summed E-state index contributed by atoms with van der Waals surface area (Å²) in [5, 5.41) is 2.64. The van der Waals surface area contributed by atoms with Crippen LogP contribution in [-0.2, 0) is 22.6 Å². The first-order valence-electron chi connectivity index (χ1n) is 7.53. The first-order valence-corrected chi connectivity index (χ1v) is 7.53. The summed E-state index contributed by atoms with van der Waals surface area (Å²) >= 11 is 0. The number of aromatic nitrogens is 1. The van der Waals surface area contributed by atoms with Crippen molar-refractivity contribution in [2.24, 2.45) is 0 Å². The maximum atomic E-state index is 11.8. The van der Waals surface area contributed by atoms with E-state index in [-0.39, 0.29) is 13.0 Å². The minimum Gasteiger partial charge on any atom is -0.496 e. The standard InChI is InChI=1S/C18H20N2O3/c1-23-17-11-3-2-7-14(17)13-20-18(22)16(21)10-6-9-15-8-4-5-12-19-15/h2-5,7-8,11-12H,6,9-10,13H2,1H3,(H,20,22). The number of hydrogen-bond acceptors (Lipinski definition) is 4. The Morgan fingerprint density at radius 3 is 2.65 bits per heavy atom. The van der Waals surface area contributed by atoms with Crippen molar-refractivity contribution >= 4 is 11.7 Å². The number of ether oxygens (including phenoxy) is 1. The quantitative estimate of drug-likeness (QED) is 0.759. The molecule has 0 aliphatic rings. The Labute approximate surface area is 135 Å². The van der Waals surface area contributed by atoms with Gasteiger partial charge in [-0.1, -0.05) is 24.3 Å². The molecular formula is C18H20N2O3. The summed E-state index contributed by atoms with van der Waals surface area (Å²) in [6, 6.07) is 13.0. The zero-order valence-corrected chi connectivity index (χ0v) is 13.1. The summed E-state index contributed by atoms with van der Waals surface area (Å²) in [5.74, 6) is -0.275. The van der Waals surface area contributed by atoms with Gasteiger partial charge < -0.3 is 10.1 Å². The zero-order valence-electron chi connectivity index (χ0n) is 13.1. The Kier molecular flexibility index (Phi) is 6.29. The highest BCUT2D eigenvalue weighted by Crippen LogP contribution is 2.16. The maximum absolute atomic E-state index is 11.8. The number of pyridine rings is 1. The van der Waals surface area contributed by atoms with Gasteiger partial charge in [-0.2, -0.15) is 0 Å². The lowest BCUT2D eigenvalue weighted by Gasteiger charge is -2.09. The summed E-state index contributed by atoms with van der Waals surface area (Å²) in [7, 11) is 1.57. The van der Waals surface area contributed by atoms with Crippen LogP contribution in [0.4, 0.5) is 0 Å². The second-order valence-corrected chi connectivity index (χ2v) is 5.09. The molecule has 0 radical (unpaired) electrons. The van der Waals surface area contributed by atoms with Crippen LogP contribution in [0.1, 0.15) is 24.1 Å². The van der Waals surface area contributed by atoms with E-state index >= 15 is 0 Å². The number of carbonyl (C=O) groups is 2. The van der Waals surface area contributed by atoms with E-state index < -0.39 is 11.7 Å². The number of methoxy groups -OCH3 is 1. The van der Waals surface area contributed by atoms with Gasteiger partial charge in [0.2, 0.25) is 5.78 Å². The highest BCUT2D eigenvalue weighted by Gasteiger charge is 2.13. The van der Waals surface area contributed by atoms with Gasteiger partial charge in [-0.15, -0.1) is 0 Å². The Bertz CT molecular complexity index is 656. The molecule has 0 bridgehead atoms. The third-order valence-corrected chi connectivity index (χ3v) is 3.45. The summed E-state index contributed by atoms with van der Waals surface area (Å²) in [6.07, 6.45) is 3.23. The molecule has 23 heavy (non-hydrogen) atoms. The van der Waals surface area contributed by atoms with Crippen LogP contribution in [0.25, 0.3) is 0 Å². The number of amides is 1. The molecule has 0 spiro atoms. The topological polar surface area (TPSA) is 68.3 Å². The smallest absolute Gasteiger partial charge is 0.287 e. The molecule has 0 unspecified atom stereocenters. The molecule has 120 valence electrons. The molecule has 2 rings (SSSR count). The molecule has 1 aromatic heterocycles. The molecule has 2 aromatic rings. The molecule has 1 heterocycles. The van der Waals surface area contributed by atoms with E-state index in [4.69, 9.17) is 4.74 Å². The minimum absolute atomic E-state index is 0.217. The number of para-hydroxylation sites is 1. The van der Waals surface area contributed by atoms with Crippen molar-refractivity contribution in [2.75, 3.05) is 7.11 Å². The van der Waals surface area contributed by atoms with Gasteiger partial charge >= 0.3 is 0 Å². The monoisotopic (exact) mass is 312 g/mol. The largest absolute Gasteiger partial charge is 0.496 e. The van der Waals surface area contributed by atoms with Crippen molar-refractivity contribution in [3.63, 3.8) is 0 Å². The molecule has 0 aliphatic heterocycles. The number of Topliss-reactive ketones (excluding diaryl/α,β-unsaturated/α-hetero) is 1. The molecule has 0 aliphatic carbocycles. The lowest BCUT2D eigenvalue weighted by molar-refractivity contribution is -0.138. The van der Waals surface area contributed by atoms with Crippen LogP contribution in [0.2, 0.25) is 0 Å². The Morgan fingerprint density at radius 1 is 1.13 bits per heavy atom. The van der Waals surface area contributed by atoms with Gasteiger partial charge in [0.05, 0.1) is 7.11 Å². The molecule has 5 heteroatoms. The van der Waals surface area contributed by atoms with Crippen molar-refractivity contribution < 1.29 is 14.3 Å². The Balaban J connectivity index is 1.75. The van der Waals surface area contributed by atoms with Gasteiger partial charge in [0.1, 0.15) is 5.75 Å². The van der Waals surface area contributed by atoms with Gasteiger partial charge in [-0.3, -0.25) is 14.6 Å². The number of rotatable bonds is 8. The number of benzene rings is 1. The average Bonchev–Trinajstić information content (AvgIpc) is 2.60. The van der Waals surface area contributed by atoms with Crippen LogP contribution < -0.4 is 10.1 Å². The number of nitrogens with one attached hydrogen (secondary N) is 1. The fraction of sp³-hybridized carbons (Fsp3) is 0.278. The van der Waals surface area contributed by atoms with Crippen molar-refractivity contribution in [2.45, 2.75) is 25.8 Å². The molecular weight excluding hydrogens is 292 g/mol. The van der Waals surface area contributed by atoms with Gasteiger partial charge in [0.25, 0.3) is 5.91 Å². The summed E-state index contributed by atoms with van der Waals surface area (Å²) in [5.41, 5.74) is 1.76. The Morgan fingerprint density at radius 2 is 1.91 bits per heavy atom. The average molecular weight is 312 g/mol. The number of ketones is 1. The van der Waals surface area contributed by atoms with Gasteiger partial charge in [-0.25, -0.2) is 0 Å². The minimum atomic E-state index is -0.558. The SMILES string of the molecule is COc1ccccc1CNC(=O)C(=O)CCCc1ccccn1. The van der Waals surface area contributed by atoms with E-state index in [0.717, 1.165) is 11.3 Å². The lowest BCUT2D eigenvalue weighted by atomic mass is 10.1. The predicted molar refractivity (Wildman–Crippen MR) is 87.0 cm³/mol. The van der Waals surface area contributed by atoms with Gasteiger partial charge in [0.15, 0.2) is 0 Å². The van der Waals surface area contributed by atoms with Crippen LogP contribution in [0.15, 0.2) is 48.7 Å². The summed E-state index contributed by atoms with van der Waals surface area (Å²) in [4.78, 5) is 27.9. The van der Waals surface area contributed by atoms with Crippen LogP contribution in [0, 0.1) is 0 Å². The van der Waals surface area contributed by atoms with Crippen LogP contribution in [-0.4, -0.2) is 23.8 Å². The third-order valence-electron chi connectivity index (χ3n) is 3.45. The summed E-state index contributed by atoms with van der Waals surface area (Å²) < 4.78 is 5.21. The van der Waals surface area contributed by atoms with Crippen molar-refractivity contribution in [3.05, 3.63) is 59.9 Å². The molecule has 1 amide bonds.